The lowest BCUT2D eigenvalue weighted by Crippen LogP contribution is -2.26. The van der Waals surface area contributed by atoms with Crippen LogP contribution in [0.3, 0.4) is 0 Å². The van der Waals surface area contributed by atoms with E-state index >= 15 is 0 Å². The highest BCUT2D eigenvalue weighted by atomic mass is 35.5. The second-order valence-electron chi connectivity index (χ2n) is 7.85. The van der Waals surface area contributed by atoms with Crippen molar-refractivity contribution in [2.24, 2.45) is 0 Å². The van der Waals surface area contributed by atoms with Crippen molar-refractivity contribution in [2.45, 2.75) is 10.3 Å². The van der Waals surface area contributed by atoms with E-state index in [1.165, 1.54) is 48.5 Å². The van der Waals surface area contributed by atoms with Gasteiger partial charge in [-0.25, -0.2) is 13.2 Å². The van der Waals surface area contributed by atoms with Crippen LogP contribution in [0, 0.1) is 10.1 Å². The van der Waals surface area contributed by atoms with Gasteiger partial charge in [0.1, 0.15) is 4.21 Å². The van der Waals surface area contributed by atoms with Gasteiger partial charge in [-0.3, -0.25) is 19.6 Å². The van der Waals surface area contributed by atoms with Crippen molar-refractivity contribution in [3.05, 3.63) is 116 Å². The van der Waals surface area contributed by atoms with Gasteiger partial charge in [-0.1, -0.05) is 53.5 Å². The Labute approximate surface area is 236 Å². The number of nitrogens with zero attached hydrogens (tertiary/aromatic N) is 1. The van der Waals surface area contributed by atoms with Gasteiger partial charge >= 0.3 is 5.97 Å². The molecule has 4 aromatic rings. The summed E-state index contributed by atoms with van der Waals surface area (Å²) < 4.78 is 33.3. The van der Waals surface area contributed by atoms with Crippen LogP contribution in [-0.4, -0.2) is 25.2 Å². The number of sulfonamides is 1. The van der Waals surface area contributed by atoms with E-state index in [1.54, 1.807) is 30.3 Å². The molecule has 0 aliphatic heterocycles. The molecule has 1 heterocycles. The average molecular weight is 606 g/mol. The Balaban J connectivity index is 1.51. The van der Waals surface area contributed by atoms with Gasteiger partial charge in [-0.05, 0) is 42.5 Å². The second kappa shape index (κ2) is 11.8. The summed E-state index contributed by atoms with van der Waals surface area (Å²) in [5.41, 5.74) is 0.447. The maximum absolute atomic E-state index is 13.1. The highest BCUT2D eigenvalue weighted by Crippen LogP contribution is 2.30. The van der Waals surface area contributed by atoms with Crippen LogP contribution >= 0.6 is 34.5 Å². The van der Waals surface area contributed by atoms with E-state index in [0.717, 1.165) is 17.4 Å². The minimum absolute atomic E-state index is 0.0285. The summed E-state index contributed by atoms with van der Waals surface area (Å²) in [5.74, 6) is -1.60. The number of nitrogens with one attached hydrogen (secondary N) is 2. The molecule has 4 rings (SSSR count). The molecule has 10 nitrogen and oxygen atoms in total. The van der Waals surface area contributed by atoms with Gasteiger partial charge in [0.15, 0.2) is 0 Å². The molecule has 0 aliphatic rings. The molecule has 0 radical (unpaired) electrons. The van der Waals surface area contributed by atoms with Gasteiger partial charge in [-0.2, -0.15) is 0 Å². The van der Waals surface area contributed by atoms with Crippen molar-refractivity contribution in [2.75, 3.05) is 10.0 Å². The number of halogens is 2. The molecular formula is C25H17Cl2N3O7S2. The predicted octanol–water partition coefficient (Wildman–Crippen LogP) is 6.30. The number of nitro groups is 1. The summed E-state index contributed by atoms with van der Waals surface area (Å²) in [6.07, 6.45) is -1.40. The monoisotopic (exact) mass is 605 g/mol. The molecule has 3 aromatic carbocycles. The molecular weight excluding hydrogens is 589 g/mol. The highest BCUT2D eigenvalue weighted by Gasteiger charge is 2.27. The van der Waals surface area contributed by atoms with Crippen molar-refractivity contribution in [3.8, 4) is 0 Å². The normalized spacial score (nSPS) is 11.8. The van der Waals surface area contributed by atoms with Crippen LogP contribution in [0.5, 0.6) is 0 Å². The van der Waals surface area contributed by atoms with E-state index < -0.39 is 32.9 Å². The second-order valence-corrected chi connectivity index (χ2v) is 11.9. The Morgan fingerprint density at radius 2 is 1.64 bits per heavy atom. The fourth-order valence-electron chi connectivity index (χ4n) is 3.32. The largest absolute Gasteiger partial charge is 0.444 e. The van der Waals surface area contributed by atoms with E-state index in [-0.39, 0.29) is 31.9 Å². The fraction of sp³-hybridized carbons (Fsp3) is 0.0400. The number of non-ortho nitro benzene ring substituents is 1. The lowest BCUT2D eigenvalue weighted by atomic mass is 10.1. The molecule has 200 valence electrons. The summed E-state index contributed by atoms with van der Waals surface area (Å²) in [5, 5.41) is 13.4. The maximum Gasteiger partial charge on any atom is 0.339 e. The standard InChI is InChI=1S/C25H17Cl2N3O7S2/c26-19-14-18(30(33)34)10-11-20(19)28-24(31)23(15-4-2-1-3-5-15)37-25(32)16-6-8-17(9-7-16)29-39(35,36)22-13-12-21(27)38-22/h1-14,23,29H,(H,28,31). The van der Waals surface area contributed by atoms with Gasteiger partial charge in [0.25, 0.3) is 21.6 Å². The van der Waals surface area contributed by atoms with Crippen LogP contribution in [0.25, 0.3) is 0 Å². The topological polar surface area (TPSA) is 145 Å². The summed E-state index contributed by atoms with van der Waals surface area (Å²) in [6.45, 7) is 0. The van der Waals surface area contributed by atoms with Gasteiger partial charge in [0.2, 0.25) is 6.10 Å². The molecule has 1 amide bonds. The quantitative estimate of drug-likeness (QED) is 0.129. The number of hydrogen-bond acceptors (Lipinski definition) is 8. The third kappa shape index (κ3) is 6.92. The molecule has 1 aromatic heterocycles. The SMILES string of the molecule is O=C(OC(C(=O)Nc1ccc([N+](=O)[O-])cc1Cl)c1ccccc1)c1ccc(NS(=O)(=O)c2ccc(Cl)s2)cc1. The molecule has 0 fully saturated rings. The average Bonchev–Trinajstić information content (AvgIpc) is 3.36. The molecule has 0 bridgehead atoms. The van der Waals surface area contributed by atoms with Gasteiger partial charge in [0, 0.05) is 23.4 Å². The van der Waals surface area contributed by atoms with Gasteiger partial charge in [-0.15, -0.1) is 11.3 Å². The Morgan fingerprint density at radius 1 is 0.949 bits per heavy atom. The number of rotatable bonds is 9. The van der Waals surface area contributed by atoms with Crippen molar-refractivity contribution in [3.63, 3.8) is 0 Å². The Morgan fingerprint density at radius 3 is 2.23 bits per heavy atom. The van der Waals surface area contributed by atoms with E-state index in [9.17, 15) is 28.1 Å². The number of thiophene rings is 1. The third-order valence-electron chi connectivity index (χ3n) is 5.17. The minimum Gasteiger partial charge on any atom is -0.444 e. The zero-order chi connectivity index (χ0) is 28.2. The van der Waals surface area contributed by atoms with Crippen LogP contribution in [0.2, 0.25) is 9.36 Å². The number of anilines is 2. The molecule has 39 heavy (non-hydrogen) atoms. The smallest absolute Gasteiger partial charge is 0.339 e. The van der Waals surface area contributed by atoms with Crippen LogP contribution < -0.4 is 10.0 Å². The Kier molecular flexibility index (Phi) is 8.51. The number of benzene rings is 3. The lowest BCUT2D eigenvalue weighted by Gasteiger charge is -2.18. The Bertz CT molecular complexity index is 1640. The summed E-state index contributed by atoms with van der Waals surface area (Å²) in [4.78, 5) is 36.4. The first-order valence-corrected chi connectivity index (χ1v) is 14.0. The van der Waals surface area contributed by atoms with Crippen LogP contribution in [0.15, 0.2) is 89.1 Å². The predicted molar refractivity (Wildman–Crippen MR) is 148 cm³/mol. The van der Waals surface area contributed by atoms with Gasteiger partial charge in [0.05, 0.1) is 25.5 Å². The first kappa shape index (κ1) is 28.0. The number of ether oxygens (including phenoxy) is 1. The number of amides is 1. The molecule has 14 heteroatoms. The number of esters is 1. The van der Waals surface area contributed by atoms with Gasteiger partial charge < -0.3 is 10.1 Å². The highest BCUT2D eigenvalue weighted by molar-refractivity contribution is 7.94. The minimum atomic E-state index is -3.87. The number of nitro benzene ring substituents is 1. The molecule has 0 saturated heterocycles. The van der Waals surface area contributed by atoms with Crippen molar-refractivity contribution >= 4 is 73.5 Å². The van der Waals surface area contributed by atoms with Crippen molar-refractivity contribution in [1.29, 1.82) is 0 Å². The molecule has 0 aliphatic carbocycles. The van der Waals surface area contributed by atoms with Crippen molar-refractivity contribution in [1.82, 2.24) is 0 Å². The van der Waals surface area contributed by atoms with Crippen molar-refractivity contribution < 1.29 is 27.7 Å². The van der Waals surface area contributed by atoms with E-state index in [0.29, 0.717) is 9.90 Å². The molecule has 1 unspecified atom stereocenters. The Hall–Kier alpha value is -3.97. The van der Waals surface area contributed by atoms with Crippen LogP contribution in [0.4, 0.5) is 17.1 Å². The van der Waals surface area contributed by atoms with E-state index in [4.69, 9.17) is 27.9 Å². The van der Waals surface area contributed by atoms with E-state index in [2.05, 4.69) is 10.0 Å². The molecule has 0 spiro atoms. The zero-order valence-electron chi connectivity index (χ0n) is 19.5. The van der Waals surface area contributed by atoms with E-state index in [1.807, 2.05) is 0 Å². The first-order valence-electron chi connectivity index (χ1n) is 10.9. The zero-order valence-corrected chi connectivity index (χ0v) is 22.7. The third-order valence-corrected chi connectivity index (χ3v) is 8.59. The summed E-state index contributed by atoms with van der Waals surface area (Å²) in [6, 6.07) is 20.0. The summed E-state index contributed by atoms with van der Waals surface area (Å²) >= 11 is 12.8. The van der Waals surface area contributed by atoms with Crippen LogP contribution in [0.1, 0.15) is 22.0 Å². The number of carbonyl (C=O) groups excluding carboxylic acids is 2. The maximum atomic E-state index is 13.1. The number of carbonyl (C=O) groups is 2. The molecule has 2 N–H and O–H groups in total. The number of hydrogen-bond donors (Lipinski definition) is 2. The first-order chi connectivity index (χ1) is 18.5. The molecule has 1 atom stereocenters. The lowest BCUT2D eigenvalue weighted by molar-refractivity contribution is -0.384. The fourth-order valence-corrected chi connectivity index (χ4v) is 6.08. The summed E-state index contributed by atoms with van der Waals surface area (Å²) in [7, 11) is -3.87. The van der Waals surface area contributed by atoms with Crippen LogP contribution in [-0.2, 0) is 19.6 Å². The molecule has 0 saturated carbocycles.